The molecule has 0 amide bonds. The van der Waals surface area contributed by atoms with Gasteiger partial charge in [-0.15, -0.1) is 0 Å². The lowest BCUT2D eigenvalue weighted by molar-refractivity contribution is 0.471. The van der Waals surface area contributed by atoms with Gasteiger partial charge in [-0.1, -0.05) is 0 Å². The summed E-state index contributed by atoms with van der Waals surface area (Å²) in [5.41, 5.74) is 0. The van der Waals surface area contributed by atoms with E-state index in [9.17, 15) is 0 Å². The Morgan fingerprint density at radius 3 is 2.17 bits per heavy atom. The molecule has 0 aromatic rings. The molecular weight excluding hydrogens is 146 g/mol. The Morgan fingerprint density at radius 2 is 2.17 bits per heavy atom. The molecule has 6 heavy (non-hydrogen) atoms. The molecule has 0 spiro atoms. The topological polar surface area (TPSA) is 26.3 Å². The van der Waals surface area contributed by atoms with E-state index < -0.39 is 6.85 Å². The lowest BCUT2D eigenvalue weighted by Gasteiger charge is -1.86. The second-order valence-corrected chi connectivity index (χ2v) is 3.32. The smallest absolute Gasteiger partial charge is 0.405 e. The van der Waals surface area contributed by atoms with Gasteiger partial charge in [-0.3, -0.25) is 0 Å². The third-order valence-electron chi connectivity index (χ3n) is 0.106. The summed E-state index contributed by atoms with van der Waals surface area (Å²) >= 11 is 9.85. The van der Waals surface area contributed by atoms with Gasteiger partial charge in [0.15, 0.2) is 0 Å². The van der Waals surface area contributed by atoms with Gasteiger partial charge in [-0.2, -0.15) is 0 Å². The number of rotatable bonds is 2. The Hall–Kier alpha value is 0.480. The van der Waals surface area contributed by atoms with E-state index in [1.54, 1.807) is 0 Å². The summed E-state index contributed by atoms with van der Waals surface area (Å²) in [4.78, 5) is 9.12. The molecule has 0 rings (SSSR count). The van der Waals surface area contributed by atoms with Gasteiger partial charge in [0, 0.05) is 0 Å². The van der Waals surface area contributed by atoms with Crippen LogP contribution in [0.4, 0.5) is 0 Å². The largest absolute Gasteiger partial charge is 0.422 e. The summed E-state index contributed by atoms with van der Waals surface area (Å²) in [5, 5.41) is 0. The van der Waals surface area contributed by atoms with E-state index in [1.807, 2.05) is 0 Å². The van der Waals surface area contributed by atoms with Crippen LogP contribution in [0.2, 0.25) is 0 Å². The van der Waals surface area contributed by atoms with Crippen LogP contribution in [0.1, 0.15) is 0 Å². The van der Waals surface area contributed by atoms with Gasteiger partial charge in [0.1, 0.15) is 0 Å². The zero-order valence-corrected chi connectivity index (χ0v) is 4.93. The molecule has 0 aliphatic carbocycles. The quantitative estimate of drug-likeness (QED) is 0.554. The van der Waals surface area contributed by atoms with Crippen LogP contribution < -0.4 is 0 Å². The van der Waals surface area contributed by atoms with Crippen molar-refractivity contribution < 1.29 is 9.32 Å². The lowest BCUT2D eigenvalue weighted by atomic mass is 11.7. The summed E-state index contributed by atoms with van der Waals surface area (Å²) in [6.07, 6.45) is 0. The van der Waals surface area contributed by atoms with E-state index in [1.165, 1.54) is 0 Å². The molecule has 35 valence electrons. The fourth-order valence-corrected chi connectivity index (χ4v) is 0.254. The Kier molecular flexibility index (Phi) is 3.96. The molecule has 2 nitrogen and oxygen atoms in total. The van der Waals surface area contributed by atoms with Gasteiger partial charge in [-0.25, -0.2) is 4.79 Å². The molecule has 0 bridgehead atoms. The lowest BCUT2D eigenvalue weighted by Crippen LogP contribution is -1.64. The first kappa shape index (κ1) is 6.48. The highest BCUT2D eigenvalue weighted by atomic mass is 35.9. The van der Waals surface area contributed by atoms with Gasteiger partial charge in [0.05, 0.1) is 0 Å². The fourth-order valence-electron chi connectivity index (χ4n) is 0.0282. The Bertz CT molecular complexity index is 46.8. The van der Waals surface area contributed by atoms with Crippen LogP contribution in [0.25, 0.3) is 0 Å². The highest BCUT2D eigenvalue weighted by Crippen LogP contribution is 2.46. The van der Waals surface area contributed by atoms with E-state index in [0.717, 1.165) is 6.47 Å². The van der Waals surface area contributed by atoms with Gasteiger partial charge in [0.2, 0.25) is 0 Å². The van der Waals surface area contributed by atoms with Crippen LogP contribution >= 0.6 is 29.3 Å². The van der Waals surface area contributed by atoms with Crippen LogP contribution in [-0.2, 0) is 9.32 Å². The molecule has 0 aliphatic rings. The van der Waals surface area contributed by atoms with Crippen molar-refractivity contribution in [3.05, 3.63) is 0 Å². The molecule has 0 N–H and O–H groups in total. The zero-order chi connectivity index (χ0) is 4.99. The van der Waals surface area contributed by atoms with Crippen LogP contribution in [0.5, 0.6) is 0 Å². The number of hydrogen-bond acceptors (Lipinski definition) is 2. The second kappa shape index (κ2) is 3.66. The van der Waals surface area contributed by atoms with E-state index in [4.69, 9.17) is 27.3 Å². The van der Waals surface area contributed by atoms with Crippen molar-refractivity contribution in [2.75, 3.05) is 0 Å². The molecule has 0 atom stereocenters. The first-order valence-electron chi connectivity index (χ1n) is 0.929. The van der Waals surface area contributed by atoms with E-state index in [-0.39, 0.29) is 0 Å². The van der Waals surface area contributed by atoms with Gasteiger partial charge < -0.3 is 4.52 Å². The molecular formula is CCl2O2P. The standard InChI is InChI=1S/CCl2O2P/c2-6(3)5-1-4. The number of hydrogen-bond donors (Lipinski definition) is 0. The summed E-state index contributed by atoms with van der Waals surface area (Å²) in [7, 11) is 0. The highest BCUT2D eigenvalue weighted by Gasteiger charge is 1.94. The fraction of sp³-hybridized carbons (Fsp3) is 0. The SMILES string of the molecule is O=[C]OP(Cl)Cl. The van der Waals surface area contributed by atoms with Crippen molar-refractivity contribution in [1.29, 1.82) is 0 Å². The molecule has 0 saturated heterocycles. The summed E-state index contributed by atoms with van der Waals surface area (Å²) < 4.78 is 3.83. The van der Waals surface area contributed by atoms with Crippen molar-refractivity contribution >= 4 is 35.8 Å². The molecule has 0 heterocycles. The molecule has 0 aromatic carbocycles. The van der Waals surface area contributed by atoms with E-state index >= 15 is 0 Å². The average molecular weight is 146 g/mol. The van der Waals surface area contributed by atoms with Gasteiger partial charge >= 0.3 is 6.47 Å². The maximum Gasteiger partial charge on any atom is 0.422 e. The van der Waals surface area contributed by atoms with E-state index in [2.05, 4.69) is 4.52 Å². The monoisotopic (exact) mass is 145 g/mol. The minimum atomic E-state index is -1.58. The second-order valence-electron chi connectivity index (χ2n) is 0.377. The van der Waals surface area contributed by atoms with Gasteiger partial charge in [-0.05, 0) is 22.5 Å². The molecule has 0 fully saturated rings. The third kappa shape index (κ3) is 4.48. The Morgan fingerprint density at radius 1 is 1.67 bits per heavy atom. The van der Waals surface area contributed by atoms with Crippen molar-refractivity contribution in [3.63, 3.8) is 0 Å². The first-order chi connectivity index (χ1) is 2.77. The predicted octanol–water partition coefficient (Wildman–Crippen LogP) is 1.77. The molecule has 0 saturated carbocycles. The summed E-state index contributed by atoms with van der Waals surface area (Å²) in [5.74, 6) is 0. The first-order valence-corrected chi connectivity index (χ1v) is 4.00. The van der Waals surface area contributed by atoms with Crippen molar-refractivity contribution in [2.45, 2.75) is 0 Å². The van der Waals surface area contributed by atoms with E-state index in [0.29, 0.717) is 0 Å². The number of carbonyl (C=O) groups excluding carboxylic acids is 1. The summed E-state index contributed by atoms with van der Waals surface area (Å²) in [6.45, 7) is -0.498. The molecule has 5 heteroatoms. The van der Waals surface area contributed by atoms with Crippen LogP contribution in [0.3, 0.4) is 0 Å². The third-order valence-corrected chi connectivity index (χ3v) is 0.733. The average Bonchev–Trinajstić information content (AvgIpc) is 1.35. The maximum atomic E-state index is 9.12. The molecule has 0 aliphatic heterocycles. The van der Waals surface area contributed by atoms with Gasteiger partial charge in [0.25, 0.3) is 6.85 Å². The van der Waals surface area contributed by atoms with Crippen molar-refractivity contribution in [1.82, 2.24) is 0 Å². The minimum absolute atomic E-state index is 1.08. The molecule has 0 aromatic heterocycles. The van der Waals surface area contributed by atoms with Crippen LogP contribution in [0, 0.1) is 0 Å². The van der Waals surface area contributed by atoms with Crippen LogP contribution in [-0.4, -0.2) is 6.47 Å². The predicted molar refractivity (Wildman–Crippen MR) is 25.4 cm³/mol. The minimum Gasteiger partial charge on any atom is -0.405 e. The normalized spacial score (nSPS) is 8.50. The highest BCUT2D eigenvalue weighted by molar-refractivity contribution is 8.00. The van der Waals surface area contributed by atoms with Crippen LogP contribution in [0.15, 0.2) is 0 Å². The van der Waals surface area contributed by atoms with Crippen molar-refractivity contribution in [3.8, 4) is 0 Å². The number of halogens is 2. The Labute approximate surface area is 45.8 Å². The maximum absolute atomic E-state index is 9.12. The Balaban J connectivity index is 2.81. The zero-order valence-electron chi connectivity index (χ0n) is 2.52. The molecule has 0 unspecified atom stereocenters. The van der Waals surface area contributed by atoms with Crippen molar-refractivity contribution in [2.24, 2.45) is 0 Å². The summed E-state index contributed by atoms with van der Waals surface area (Å²) in [6, 6.07) is 0. The molecule has 1 radical (unpaired) electrons.